The Hall–Kier alpha value is -3.88. The van der Waals surface area contributed by atoms with Crippen LogP contribution in [0.15, 0.2) is 66.9 Å². The Morgan fingerprint density at radius 3 is 2.38 bits per heavy atom. The van der Waals surface area contributed by atoms with Crippen molar-refractivity contribution < 1.29 is 19.1 Å². The highest BCUT2D eigenvalue weighted by molar-refractivity contribution is 6.30. The summed E-state index contributed by atoms with van der Waals surface area (Å²) in [7, 11) is 0. The summed E-state index contributed by atoms with van der Waals surface area (Å²) in [5.74, 6) is 1.57. The minimum absolute atomic E-state index is 0.00606. The molecule has 6 rings (SSSR count). The van der Waals surface area contributed by atoms with E-state index in [2.05, 4.69) is 5.32 Å². The average molecular weight is 587 g/mol. The van der Waals surface area contributed by atoms with Crippen LogP contribution in [0.3, 0.4) is 0 Å². The smallest absolute Gasteiger partial charge is 0.253 e. The molecular formula is C33H35ClN4O4. The Labute approximate surface area is 250 Å². The number of halogens is 1. The lowest BCUT2D eigenvalue weighted by atomic mass is 9.96. The third-order valence-electron chi connectivity index (χ3n) is 8.12. The minimum atomic E-state index is -0.0936. The molecule has 0 spiro atoms. The Morgan fingerprint density at radius 2 is 1.71 bits per heavy atom. The van der Waals surface area contributed by atoms with Gasteiger partial charge >= 0.3 is 0 Å². The van der Waals surface area contributed by atoms with Crippen LogP contribution in [0.1, 0.15) is 52.5 Å². The summed E-state index contributed by atoms with van der Waals surface area (Å²) < 4.78 is 13.7. The quantitative estimate of drug-likeness (QED) is 0.237. The van der Waals surface area contributed by atoms with E-state index >= 15 is 0 Å². The molecule has 2 amide bonds. The highest BCUT2D eigenvalue weighted by Crippen LogP contribution is 2.27. The molecule has 4 aromatic rings. The van der Waals surface area contributed by atoms with Crippen molar-refractivity contribution in [3.05, 3.63) is 88.6 Å². The molecule has 3 aromatic carbocycles. The van der Waals surface area contributed by atoms with E-state index in [0.29, 0.717) is 65.8 Å². The van der Waals surface area contributed by atoms with Gasteiger partial charge in [0.25, 0.3) is 11.8 Å². The van der Waals surface area contributed by atoms with Crippen molar-refractivity contribution in [3.8, 4) is 11.5 Å². The first-order chi connectivity index (χ1) is 20.3. The number of amides is 2. The Morgan fingerprint density at radius 1 is 1.02 bits per heavy atom. The zero-order chi connectivity index (χ0) is 29.2. The largest absolute Gasteiger partial charge is 0.457 e. The maximum atomic E-state index is 13.0. The first-order valence-corrected chi connectivity index (χ1v) is 14.9. The second kappa shape index (κ2) is 12.2. The molecule has 0 radical (unpaired) electrons. The van der Waals surface area contributed by atoms with Gasteiger partial charge in [-0.3, -0.25) is 14.3 Å². The van der Waals surface area contributed by atoms with Crippen LogP contribution >= 0.6 is 11.6 Å². The summed E-state index contributed by atoms with van der Waals surface area (Å²) in [5.41, 5.74) is 3.06. The van der Waals surface area contributed by atoms with E-state index in [1.54, 1.807) is 48.5 Å². The van der Waals surface area contributed by atoms with Crippen molar-refractivity contribution in [2.24, 2.45) is 5.92 Å². The number of carbonyl (C=O) groups excluding carboxylic acids is 2. The molecule has 8 nitrogen and oxygen atoms in total. The number of carbonyl (C=O) groups is 2. The number of aromatic nitrogens is 2. The number of rotatable bonds is 10. The van der Waals surface area contributed by atoms with Crippen molar-refractivity contribution in [2.75, 3.05) is 19.6 Å². The van der Waals surface area contributed by atoms with E-state index in [-0.39, 0.29) is 17.9 Å². The predicted molar refractivity (Wildman–Crippen MR) is 162 cm³/mol. The highest BCUT2D eigenvalue weighted by Gasteiger charge is 2.32. The summed E-state index contributed by atoms with van der Waals surface area (Å²) in [6, 6.07) is 18.1. The summed E-state index contributed by atoms with van der Waals surface area (Å²) in [6.07, 6.45) is 5.80. The van der Waals surface area contributed by atoms with E-state index in [4.69, 9.17) is 26.2 Å². The van der Waals surface area contributed by atoms with Gasteiger partial charge < -0.3 is 19.7 Å². The van der Waals surface area contributed by atoms with E-state index in [1.165, 1.54) is 6.42 Å². The van der Waals surface area contributed by atoms with Gasteiger partial charge in [-0.1, -0.05) is 11.6 Å². The second-order valence-corrected chi connectivity index (χ2v) is 11.8. The first kappa shape index (κ1) is 28.2. The molecule has 1 atom stereocenters. The van der Waals surface area contributed by atoms with Crippen LogP contribution in [-0.2, 0) is 11.3 Å². The van der Waals surface area contributed by atoms with Gasteiger partial charge in [0.15, 0.2) is 0 Å². The maximum absolute atomic E-state index is 13.0. The fraction of sp³-hybridized carbons (Fsp3) is 0.364. The van der Waals surface area contributed by atoms with Crippen molar-refractivity contribution in [1.82, 2.24) is 20.0 Å². The lowest BCUT2D eigenvalue weighted by Crippen LogP contribution is -2.51. The van der Waals surface area contributed by atoms with Gasteiger partial charge in [-0.2, -0.15) is 5.10 Å². The zero-order valence-corrected chi connectivity index (χ0v) is 24.6. The third kappa shape index (κ3) is 6.30. The van der Waals surface area contributed by atoms with Crippen molar-refractivity contribution in [3.63, 3.8) is 0 Å². The highest BCUT2D eigenvalue weighted by atomic mass is 35.5. The number of nitrogens with zero attached hydrogens (tertiary/aromatic N) is 3. The molecule has 2 heterocycles. The van der Waals surface area contributed by atoms with Crippen molar-refractivity contribution in [2.45, 2.75) is 51.9 Å². The fourth-order valence-electron chi connectivity index (χ4n) is 5.44. The minimum Gasteiger partial charge on any atom is -0.457 e. The van der Waals surface area contributed by atoms with Gasteiger partial charge in [-0.15, -0.1) is 0 Å². The molecule has 2 aliphatic rings. The SMILES string of the molecule is Cc1c(C(=O)NC[C@@H](C)OC2CCC2)ccc2nn(CC3CN(C(=O)c4ccc(Oc5ccc(Cl)cc5)cc4)C3)cc12. The van der Waals surface area contributed by atoms with Gasteiger partial charge in [0.2, 0.25) is 0 Å². The molecule has 1 saturated heterocycles. The van der Waals surface area contributed by atoms with Crippen LogP contribution in [0, 0.1) is 12.8 Å². The van der Waals surface area contributed by atoms with Gasteiger partial charge in [0.05, 0.1) is 17.7 Å². The van der Waals surface area contributed by atoms with E-state index in [0.717, 1.165) is 29.3 Å². The number of likely N-dealkylation sites (tertiary alicyclic amines) is 1. The molecule has 9 heteroatoms. The molecule has 1 aromatic heterocycles. The second-order valence-electron chi connectivity index (χ2n) is 11.4. The fourth-order valence-corrected chi connectivity index (χ4v) is 5.56. The third-order valence-corrected chi connectivity index (χ3v) is 8.37. The number of ether oxygens (including phenoxy) is 2. The average Bonchev–Trinajstić information content (AvgIpc) is 3.36. The standard InChI is InChI=1S/C33H35ClN4O4/c1-21(41-26-4-3-5-26)16-35-32(39)29-14-15-31-30(22(29)2)20-38(36-31)19-23-17-37(18-23)33(40)24-6-10-27(11-7-24)42-28-12-8-25(34)9-13-28/h6-15,20-21,23,26H,3-5,16-19H2,1-2H3,(H,35,39)/t21-/m1/s1. The zero-order valence-electron chi connectivity index (χ0n) is 23.9. The number of aryl methyl sites for hydroxylation is 1. The van der Waals surface area contributed by atoms with Crippen LogP contribution in [0.5, 0.6) is 11.5 Å². The summed E-state index contributed by atoms with van der Waals surface area (Å²) in [5, 5.41) is 9.37. The van der Waals surface area contributed by atoms with Crippen molar-refractivity contribution in [1.29, 1.82) is 0 Å². The lowest BCUT2D eigenvalue weighted by molar-refractivity contribution is -0.0412. The first-order valence-electron chi connectivity index (χ1n) is 14.6. The molecule has 0 bridgehead atoms. The topological polar surface area (TPSA) is 85.7 Å². The number of benzene rings is 3. The molecule has 1 saturated carbocycles. The van der Waals surface area contributed by atoms with Crippen LogP contribution in [0.2, 0.25) is 5.02 Å². The summed E-state index contributed by atoms with van der Waals surface area (Å²) in [6.45, 7) is 6.51. The van der Waals surface area contributed by atoms with Crippen LogP contribution < -0.4 is 10.1 Å². The Kier molecular flexibility index (Phi) is 8.18. The van der Waals surface area contributed by atoms with Gasteiger partial charge in [-0.25, -0.2) is 0 Å². The molecular weight excluding hydrogens is 552 g/mol. The predicted octanol–water partition coefficient (Wildman–Crippen LogP) is 6.25. The maximum Gasteiger partial charge on any atom is 0.253 e. The molecule has 2 fully saturated rings. The molecule has 1 aliphatic carbocycles. The van der Waals surface area contributed by atoms with Gasteiger partial charge in [-0.05, 0) is 99.3 Å². The van der Waals surface area contributed by atoms with Gasteiger partial charge in [0, 0.05) is 59.8 Å². The van der Waals surface area contributed by atoms with Crippen LogP contribution in [0.25, 0.3) is 10.9 Å². The normalized spacial score (nSPS) is 16.1. The lowest BCUT2D eigenvalue weighted by Gasteiger charge is -2.39. The van der Waals surface area contributed by atoms with E-state index < -0.39 is 0 Å². The van der Waals surface area contributed by atoms with Crippen LogP contribution in [0.4, 0.5) is 0 Å². The van der Waals surface area contributed by atoms with Crippen molar-refractivity contribution >= 4 is 34.3 Å². The molecule has 218 valence electrons. The molecule has 1 N–H and O–H groups in total. The molecule has 1 aliphatic heterocycles. The van der Waals surface area contributed by atoms with Gasteiger partial charge in [0.1, 0.15) is 11.5 Å². The molecule has 0 unspecified atom stereocenters. The van der Waals surface area contributed by atoms with E-state index in [1.807, 2.05) is 41.8 Å². The number of hydrogen-bond donors (Lipinski definition) is 1. The summed E-state index contributed by atoms with van der Waals surface area (Å²) in [4.78, 5) is 27.7. The van der Waals surface area contributed by atoms with Crippen LogP contribution in [-0.4, -0.2) is 58.3 Å². The summed E-state index contributed by atoms with van der Waals surface area (Å²) >= 11 is 5.93. The Balaban J connectivity index is 1.00. The monoisotopic (exact) mass is 586 g/mol. The van der Waals surface area contributed by atoms with E-state index in [9.17, 15) is 9.59 Å². The number of nitrogens with one attached hydrogen (secondary N) is 1. The number of fused-ring (bicyclic) bond motifs is 1. The Bertz CT molecular complexity index is 1570. The molecule has 42 heavy (non-hydrogen) atoms. The number of hydrogen-bond acceptors (Lipinski definition) is 5.